The van der Waals surface area contributed by atoms with Gasteiger partial charge in [0.1, 0.15) is 12.0 Å². The normalized spacial score (nSPS) is 16.0. The highest BCUT2D eigenvalue weighted by molar-refractivity contribution is 8.00. The van der Waals surface area contributed by atoms with Crippen molar-refractivity contribution in [2.75, 3.05) is 17.8 Å². The Labute approximate surface area is 189 Å². The molecule has 1 aliphatic heterocycles. The fourth-order valence-electron chi connectivity index (χ4n) is 3.30. The van der Waals surface area contributed by atoms with E-state index >= 15 is 0 Å². The van der Waals surface area contributed by atoms with Crippen molar-refractivity contribution in [3.8, 4) is 11.5 Å². The zero-order valence-corrected chi connectivity index (χ0v) is 18.5. The van der Waals surface area contributed by atoms with E-state index in [2.05, 4.69) is 0 Å². The maximum Gasteiger partial charge on any atom is 0.238 e. The summed E-state index contributed by atoms with van der Waals surface area (Å²) in [7, 11) is 1.58. The Morgan fingerprint density at radius 1 is 1.07 bits per heavy atom. The summed E-state index contributed by atoms with van der Waals surface area (Å²) in [6, 6.07) is 20.8. The number of rotatable bonds is 6. The Morgan fingerprint density at radius 3 is 2.50 bits per heavy atom. The first kappa shape index (κ1) is 20.9. The Balaban J connectivity index is 1.63. The minimum atomic E-state index is -0.215. The van der Waals surface area contributed by atoms with Crippen molar-refractivity contribution in [1.29, 1.82) is 0 Å². The van der Waals surface area contributed by atoms with Crippen molar-refractivity contribution in [1.82, 2.24) is 0 Å². The van der Waals surface area contributed by atoms with Crippen molar-refractivity contribution in [3.63, 3.8) is 0 Å². The second kappa shape index (κ2) is 9.21. The minimum Gasteiger partial charge on any atom is -0.493 e. The fourth-order valence-corrected chi connectivity index (χ4v) is 4.86. The number of hydrogen-bond acceptors (Lipinski definition) is 4. The van der Waals surface area contributed by atoms with Gasteiger partial charge in [0.25, 0.3) is 0 Å². The summed E-state index contributed by atoms with van der Waals surface area (Å²) in [6.45, 7) is 0.379. The Bertz CT molecular complexity index is 1040. The summed E-state index contributed by atoms with van der Waals surface area (Å²) >= 11 is 14.1. The van der Waals surface area contributed by atoms with Crippen LogP contribution in [0, 0.1) is 0 Å². The van der Waals surface area contributed by atoms with Gasteiger partial charge in [-0.3, -0.25) is 9.69 Å². The summed E-state index contributed by atoms with van der Waals surface area (Å²) in [5, 5.41) is 0.851. The van der Waals surface area contributed by atoms with Crippen LogP contribution in [0.2, 0.25) is 10.0 Å². The molecular formula is C23H19Cl2NO3S. The van der Waals surface area contributed by atoms with Crippen LogP contribution in [0.5, 0.6) is 11.5 Å². The van der Waals surface area contributed by atoms with Crippen LogP contribution in [0.25, 0.3) is 0 Å². The molecule has 154 valence electrons. The van der Waals surface area contributed by atoms with Crippen molar-refractivity contribution in [2.45, 2.75) is 12.0 Å². The fraction of sp³-hybridized carbons (Fsp3) is 0.174. The molecule has 0 aliphatic carbocycles. The van der Waals surface area contributed by atoms with Gasteiger partial charge in [-0.05, 0) is 47.5 Å². The van der Waals surface area contributed by atoms with Crippen LogP contribution in [0.4, 0.5) is 5.69 Å². The van der Waals surface area contributed by atoms with Gasteiger partial charge in [-0.25, -0.2) is 0 Å². The molecule has 4 nitrogen and oxygen atoms in total. The molecule has 4 rings (SSSR count). The van der Waals surface area contributed by atoms with E-state index in [1.807, 2.05) is 54.6 Å². The van der Waals surface area contributed by atoms with E-state index in [9.17, 15) is 4.79 Å². The number of thioether (sulfide) groups is 1. The number of methoxy groups -OCH3 is 1. The molecule has 3 aromatic rings. The molecule has 0 N–H and O–H groups in total. The van der Waals surface area contributed by atoms with Crippen molar-refractivity contribution in [2.24, 2.45) is 0 Å². The van der Waals surface area contributed by atoms with Gasteiger partial charge in [0.05, 0.1) is 17.9 Å². The van der Waals surface area contributed by atoms with E-state index < -0.39 is 0 Å². The largest absolute Gasteiger partial charge is 0.493 e. The Hall–Kier alpha value is -2.34. The highest BCUT2D eigenvalue weighted by Crippen LogP contribution is 2.46. The molecule has 30 heavy (non-hydrogen) atoms. The van der Waals surface area contributed by atoms with Gasteiger partial charge in [0, 0.05) is 10.7 Å². The monoisotopic (exact) mass is 459 g/mol. The van der Waals surface area contributed by atoms with Crippen LogP contribution >= 0.6 is 35.0 Å². The van der Waals surface area contributed by atoms with Gasteiger partial charge in [0.15, 0.2) is 11.5 Å². The van der Waals surface area contributed by atoms with Crippen molar-refractivity contribution < 1.29 is 14.3 Å². The van der Waals surface area contributed by atoms with E-state index in [1.54, 1.807) is 35.9 Å². The molecule has 1 saturated heterocycles. The Kier molecular flexibility index (Phi) is 6.42. The third-order valence-corrected chi connectivity index (χ3v) is 6.48. The maximum absolute atomic E-state index is 12.6. The van der Waals surface area contributed by atoms with Crippen LogP contribution in [-0.2, 0) is 11.4 Å². The second-order valence-electron chi connectivity index (χ2n) is 6.71. The van der Waals surface area contributed by atoms with Gasteiger partial charge >= 0.3 is 0 Å². The van der Waals surface area contributed by atoms with Crippen LogP contribution in [-0.4, -0.2) is 18.8 Å². The molecule has 0 saturated carbocycles. The lowest BCUT2D eigenvalue weighted by molar-refractivity contribution is -0.115. The lowest BCUT2D eigenvalue weighted by Crippen LogP contribution is -2.27. The van der Waals surface area contributed by atoms with Gasteiger partial charge in [-0.1, -0.05) is 53.5 Å². The quantitative estimate of drug-likeness (QED) is 0.429. The number of amides is 1. The Morgan fingerprint density at radius 2 is 1.80 bits per heavy atom. The number of halogens is 2. The van der Waals surface area contributed by atoms with Crippen LogP contribution in [0.15, 0.2) is 66.7 Å². The molecule has 1 fully saturated rings. The van der Waals surface area contributed by atoms with Crippen LogP contribution in [0.3, 0.4) is 0 Å². The van der Waals surface area contributed by atoms with Crippen molar-refractivity contribution in [3.05, 3.63) is 87.9 Å². The van der Waals surface area contributed by atoms with E-state index in [-0.39, 0.29) is 11.3 Å². The zero-order valence-electron chi connectivity index (χ0n) is 16.2. The smallest absolute Gasteiger partial charge is 0.238 e. The van der Waals surface area contributed by atoms with E-state index in [0.29, 0.717) is 33.9 Å². The lowest BCUT2D eigenvalue weighted by atomic mass is 10.1. The molecule has 0 aromatic heterocycles. The number of anilines is 1. The molecular weight excluding hydrogens is 441 g/mol. The highest BCUT2D eigenvalue weighted by atomic mass is 35.5. The second-order valence-corrected chi connectivity index (χ2v) is 8.62. The molecule has 0 unspecified atom stereocenters. The SMILES string of the molecule is COc1cc([C@H]2SCC(=O)N2c2ccc(Cl)cc2)cc(Cl)c1OCc1ccccc1. The first-order valence-corrected chi connectivity index (χ1v) is 11.1. The van der Waals surface area contributed by atoms with Gasteiger partial charge in [-0.2, -0.15) is 0 Å². The predicted octanol–water partition coefficient (Wildman–Crippen LogP) is 6.36. The number of carbonyl (C=O) groups is 1. The highest BCUT2D eigenvalue weighted by Gasteiger charge is 2.35. The summed E-state index contributed by atoms with van der Waals surface area (Å²) in [4.78, 5) is 14.4. The third kappa shape index (κ3) is 4.38. The molecule has 3 aromatic carbocycles. The number of ether oxygens (including phenoxy) is 2. The van der Waals surface area contributed by atoms with Crippen LogP contribution < -0.4 is 14.4 Å². The van der Waals surface area contributed by atoms with Gasteiger partial charge < -0.3 is 9.47 Å². The number of carbonyl (C=O) groups excluding carboxylic acids is 1. The molecule has 0 spiro atoms. The van der Waals surface area contributed by atoms with Gasteiger partial charge in [0.2, 0.25) is 5.91 Å². The third-order valence-electron chi connectivity index (χ3n) is 4.74. The average molecular weight is 460 g/mol. The van der Waals surface area contributed by atoms with Gasteiger partial charge in [-0.15, -0.1) is 11.8 Å². The lowest BCUT2D eigenvalue weighted by Gasteiger charge is -2.25. The summed E-state index contributed by atoms with van der Waals surface area (Å²) in [5.41, 5.74) is 2.69. The topological polar surface area (TPSA) is 38.8 Å². The first-order chi connectivity index (χ1) is 14.6. The minimum absolute atomic E-state index is 0.0341. The molecule has 1 amide bonds. The summed E-state index contributed by atoms with van der Waals surface area (Å²) in [6.07, 6.45) is 0. The number of hydrogen-bond donors (Lipinski definition) is 0. The molecule has 0 bridgehead atoms. The number of nitrogens with zero attached hydrogens (tertiary/aromatic N) is 1. The predicted molar refractivity (Wildman–Crippen MR) is 123 cm³/mol. The van der Waals surface area contributed by atoms with E-state index in [1.165, 1.54) is 0 Å². The first-order valence-electron chi connectivity index (χ1n) is 9.30. The molecule has 7 heteroatoms. The molecule has 1 atom stereocenters. The zero-order chi connectivity index (χ0) is 21.1. The molecule has 1 aliphatic rings. The average Bonchev–Trinajstić information content (AvgIpc) is 3.15. The van der Waals surface area contributed by atoms with E-state index in [4.69, 9.17) is 32.7 Å². The van der Waals surface area contributed by atoms with E-state index in [0.717, 1.165) is 16.8 Å². The molecule has 0 radical (unpaired) electrons. The molecule has 1 heterocycles. The standard InChI is InChI=1S/C23H19Cl2NO3S/c1-28-20-12-16(11-19(25)22(20)29-13-15-5-3-2-4-6-15)23-26(21(27)14-30-23)18-9-7-17(24)8-10-18/h2-12,23H,13-14H2,1H3/t23-/m1/s1. The van der Waals surface area contributed by atoms with Crippen LogP contribution in [0.1, 0.15) is 16.5 Å². The van der Waals surface area contributed by atoms with Crippen molar-refractivity contribution >= 4 is 46.6 Å². The number of benzene rings is 3. The summed E-state index contributed by atoms with van der Waals surface area (Å²) in [5.74, 6) is 1.44. The maximum atomic E-state index is 12.6. The summed E-state index contributed by atoms with van der Waals surface area (Å²) < 4.78 is 11.5.